The van der Waals surface area contributed by atoms with Crippen molar-refractivity contribution in [1.82, 2.24) is 4.98 Å². The highest BCUT2D eigenvalue weighted by atomic mass is 35.5. The lowest BCUT2D eigenvalue weighted by atomic mass is 9.85. The molecule has 2 N–H and O–H groups in total. The van der Waals surface area contributed by atoms with Crippen molar-refractivity contribution >= 4 is 46.7 Å². The van der Waals surface area contributed by atoms with E-state index in [-0.39, 0.29) is 34.2 Å². The highest BCUT2D eigenvalue weighted by Gasteiger charge is 2.25. The van der Waals surface area contributed by atoms with Crippen molar-refractivity contribution in [2.45, 2.75) is 44.6 Å². The largest absolute Gasteiger partial charge is 0.481 e. The first-order valence-electron chi connectivity index (χ1n) is 12.5. The fourth-order valence-electron chi connectivity index (χ4n) is 4.77. The van der Waals surface area contributed by atoms with Crippen LogP contribution in [0.2, 0.25) is 10.0 Å². The first-order chi connectivity index (χ1) is 17.9. The number of benzene rings is 2. The minimum atomic E-state index is -1.02. The van der Waals surface area contributed by atoms with Crippen molar-refractivity contribution < 1.29 is 14.7 Å². The van der Waals surface area contributed by atoms with Gasteiger partial charge in [-0.1, -0.05) is 65.7 Å². The SMILES string of the molecule is O=C(CC(Cc1ccc(/C=C/C2CCC(Nc3cccnc3)CC2)cc1)C(=O)O)c1c(Cl)cccc1Cl. The number of halogens is 2. The summed E-state index contributed by atoms with van der Waals surface area (Å²) < 4.78 is 0. The molecule has 0 saturated heterocycles. The van der Waals surface area contributed by atoms with Crippen molar-refractivity contribution in [2.75, 3.05) is 5.32 Å². The lowest BCUT2D eigenvalue weighted by Crippen LogP contribution is -2.25. The molecule has 1 unspecified atom stereocenters. The fraction of sp³-hybridized carbons (Fsp3) is 0.300. The summed E-state index contributed by atoms with van der Waals surface area (Å²) >= 11 is 12.3. The molecule has 2 aromatic carbocycles. The maximum atomic E-state index is 12.7. The lowest BCUT2D eigenvalue weighted by Gasteiger charge is -2.28. The van der Waals surface area contributed by atoms with E-state index in [1.165, 1.54) is 0 Å². The van der Waals surface area contributed by atoms with Gasteiger partial charge in [0.05, 0.1) is 27.2 Å². The van der Waals surface area contributed by atoms with E-state index in [1.54, 1.807) is 24.4 Å². The van der Waals surface area contributed by atoms with Gasteiger partial charge in [0.1, 0.15) is 0 Å². The highest BCUT2D eigenvalue weighted by Crippen LogP contribution is 2.29. The van der Waals surface area contributed by atoms with Crippen LogP contribution in [0.5, 0.6) is 0 Å². The van der Waals surface area contributed by atoms with Gasteiger partial charge in [-0.3, -0.25) is 14.6 Å². The van der Waals surface area contributed by atoms with Gasteiger partial charge in [-0.2, -0.15) is 0 Å². The minimum absolute atomic E-state index is 0.168. The topological polar surface area (TPSA) is 79.3 Å². The number of carboxylic acid groups (broad SMARTS) is 1. The molecule has 5 nitrogen and oxygen atoms in total. The van der Waals surface area contributed by atoms with Crippen molar-refractivity contribution in [1.29, 1.82) is 0 Å². The maximum Gasteiger partial charge on any atom is 0.307 e. The van der Waals surface area contributed by atoms with Crippen LogP contribution in [0, 0.1) is 11.8 Å². The molecule has 4 rings (SSSR count). The monoisotopic (exact) mass is 536 g/mol. The van der Waals surface area contributed by atoms with Gasteiger partial charge in [0.2, 0.25) is 0 Å². The number of rotatable bonds is 10. The standard InChI is InChI=1S/C30H30Cl2N2O3/c31-26-4-1-5-27(32)29(26)28(35)18-23(30(36)37)17-22-10-8-20(9-11-22)6-7-21-12-14-24(15-13-21)34-25-3-2-16-33-19-25/h1-11,16,19,21,23-24,34H,12-15,17-18H2,(H,36,37)/b7-6+. The number of aromatic nitrogens is 1. The Balaban J connectivity index is 1.29. The van der Waals surface area contributed by atoms with E-state index in [4.69, 9.17) is 23.2 Å². The molecule has 0 spiro atoms. The number of allylic oxidation sites excluding steroid dienone is 1. The summed E-state index contributed by atoms with van der Waals surface area (Å²) in [6, 6.07) is 17.1. The quantitative estimate of drug-likeness (QED) is 0.261. The number of nitrogens with one attached hydrogen (secondary N) is 1. The summed E-state index contributed by atoms with van der Waals surface area (Å²) in [6.45, 7) is 0. The van der Waals surface area contributed by atoms with Crippen LogP contribution in [-0.4, -0.2) is 27.9 Å². The first kappa shape index (κ1) is 26.9. The number of carboxylic acids is 1. The molecule has 0 aliphatic heterocycles. The number of Topliss-reactive ketones (excluding diaryl/α,β-unsaturated/α-hetero) is 1. The van der Waals surface area contributed by atoms with Gasteiger partial charge in [0.15, 0.2) is 5.78 Å². The van der Waals surface area contributed by atoms with Crippen molar-refractivity contribution in [3.63, 3.8) is 0 Å². The van der Waals surface area contributed by atoms with E-state index in [0.717, 1.165) is 42.5 Å². The molecule has 1 aromatic heterocycles. The molecule has 0 radical (unpaired) electrons. The Hall–Kier alpha value is -3.15. The summed E-state index contributed by atoms with van der Waals surface area (Å²) in [6.07, 6.45) is 12.7. The normalized spacial score (nSPS) is 18.4. The average molecular weight is 537 g/mol. The zero-order valence-corrected chi connectivity index (χ0v) is 22.0. The molecule has 1 heterocycles. The lowest BCUT2D eigenvalue weighted by molar-refractivity contribution is -0.141. The zero-order chi connectivity index (χ0) is 26.2. The van der Waals surface area contributed by atoms with E-state index in [1.807, 2.05) is 42.6 Å². The fourth-order valence-corrected chi connectivity index (χ4v) is 5.38. The summed E-state index contributed by atoms with van der Waals surface area (Å²) in [5.74, 6) is -1.70. The predicted octanol–water partition coefficient (Wildman–Crippen LogP) is 7.59. The third-order valence-corrected chi connectivity index (χ3v) is 7.48. The Bertz CT molecular complexity index is 1220. The number of carbonyl (C=O) groups excluding carboxylic acids is 1. The van der Waals surface area contributed by atoms with Crippen molar-refractivity contribution in [2.24, 2.45) is 11.8 Å². The molecule has 1 saturated carbocycles. The van der Waals surface area contributed by atoms with Gasteiger partial charge in [0.25, 0.3) is 0 Å². The Kier molecular flexibility index (Phi) is 9.37. The maximum absolute atomic E-state index is 12.7. The summed E-state index contributed by atoms with van der Waals surface area (Å²) in [7, 11) is 0. The van der Waals surface area contributed by atoms with E-state index in [2.05, 4.69) is 22.5 Å². The molecule has 37 heavy (non-hydrogen) atoms. The number of nitrogens with zero attached hydrogens (tertiary/aromatic N) is 1. The highest BCUT2D eigenvalue weighted by molar-refractivity contribution is 6.39. The molecular weight excluding hydrogens is 507 g/mol. The van der Waals surface area contributed by atoms with Crippen LogP contribution in [-0.2, 0) is 11.2 Å². The number of hydrogen-bond acceptors (Lipinski definition) is 4. The second-order valence-corrected chi connectivity index (χ2v) is 10.4. The Morgan fingerprint density at radius 1 is 1.00 bits per heavy atom. The summed E-state index contributed by atoms with van der Waals surface area (Å²) in [4.78, 5) is 28.8. The number of hydrogen-bond donors (Lipinski definition) is 2. The van der Waals surface area contributed by atoms with Crippen molar-refractivity contribution in [3.05, 3.63) is 99.8 Å². The van der Waals surface area contributed by atoms with E-state index < -0.39 is 11.9 Å². The van der Waals surface area contributed by atoms with Crippen LogP contribution < -0.4 is 5.32 Å². The van der Waals surface area contributed by atoms with Gasteiger partial charge < -0.3 is 10.4 Å². The molecule has 192 valence electrons. The molecule has 0 amide bonds. The number of ketones is 1. The number of anilines is 1. The minimum Gasteiger partial charge on any atom is -0.481 e. The zero-order valence-electron chi connectivity index (χ0n) is 20.4. The molecule has 0 bridgehead atoms. The van der Waals surface area contributed by atoms with Crippen LogP contribution in [0.25, 0.3) is 6.08 Å². The third kappa shape index (κ3) is 7.67. The summed E-state index contributed by atoms with van der Waals surface area (Å²) in [5, 5.41) is 13.7. The van der Waals surface area contributed by atoms with E-state index in [0.29, 0.717) is 12.0 Å². The molecule has 7 heteroatoms. The molecule has 1 atom stereocenters. The third-order valence-electron chi connectivity index (χ3n) is 6.85. The van der Waals surface area contributed by atoms with Crippen LogP contribution in [0.1, 0.15) is 53.6 Å². The van der Waals surface area contributed by atoms with Gasteiger partial charge in [0, 0.05) is 24.9 Å². The van der Waals surface area contributed by atoms with Crippen LogP contribution >= 0.6 is 23.2 Å². The van der Waals surface area contributed by atoms with Gasteiger partial charge in [-0.15, -0.1) is 0 Å². The average Bonchev–Trinajstić information content (AvgIpc) is 2.89. The second-order valence-electron chi connectivity index (χ2n) is 9.56. The second kappa shape index (κ2) is 12.9. The molecule has 1 fully saturated rings. The van der Waals surface area contributed by atoms with Crippen LogP contribution in [0.4, 0.5) is 5.69 Å². The Labute approximate surface area is 227 Å². The molecule has 1 aliphatic rings. The van der Waals surface area contributed by atoms with Gasteiger partial charge in [-0.05, 0) is 73.4 Å². The Morgan fingerprint density at radius 2 is 1.70 bits per heavy atom. The number of aliphatic carboxylic acids is 1. The first-order valence-corrected chi connectivity index (χ1v) is 13.3. The van der Waals surface area contributed by atoms with Crippen LogP contribution in [0.3, 0.4) is 0 Å². The van der Waals surface area contributed by atoms with Crippen molar-refractivity contribution in [3.8, 4) is 0 Å². The van der Waals surface area contributed by atoms with E-state index in [9.17, 15) is 14.7 Å². The Morgan fingerprint density at radius 3 is 2.32 bits per heavy atom. The van der Waals surface area contributed by atoms with Gasteiger partial charge in [-0.25, -0.2) is 0 Å². The summed E-state index contributed by atoms with van der Waals surface area (Å²) in [5.41, 5.74) is 3.19. The van der Waals surface area contributed by atoms with Gasteiger partial charge >= 0.3 is 5.97 Å². The number of pyridine rings is 1. The van der Waals surface area contributed by atoms with Crippen LogP contribution in [0.15, 0.2) is 73.1 Å². The molecule has 3 aromatic rings. The van der Waals surface area contributed by atoms with E-state index >= 15 is 0 Å². The predicted molar refractivity (Wildman–Crippen MR) is 149 cm³/mol. The smallest absolute Gasteiger partial charge is 0.307 e. The molecular formula is C30H30Cl2N2O3. The molecule has 1 aliphatic carbocycles. The number of carbonyl (C=O) groups is 2.